The summed E-state index contributed by atoms with van der Waals surface area (Å²) in [6.45, 7) is 0. The highest BCUT2D eigenvalue weighted by molar-refractivity contribution is 7.15. The Balaban J connectivity index is 1.87. The van der Waals surface area contributed by atoms with Crippen LogP contribution in [0.25, 0.3) is 17.2 Å². The molecule has 0 unspecified atom stereocenters. The topological polar surface area (TPSA) is 55.4 Å². The van der Waals surface area contributed by atoms with Crippen molar-refractivity contribution in [3.63, 3.8) is 0 Å². The second kappa shape index (κ2) is 7.92. The molecule has 2 aromatic heterocycles. The largest absolute Gasteiger partial charge is 0.465 e. The van der Waals surface area contributed by atoms with E-state index in [1.165, 1.54) is 24.5 Å². The third-order valence-electron chi connectivity index (χ3n) is 3.44. The summed E-state index contributed by atoms with van der Waals surface area (Å²) in [4.78, 5) is 25.4. The summed E-state index contributed by atoms with van der Waals surface area (Å²) in [7, 11) is 1.33. The molecule has 3 aromatic rings. The summed E-state index contributed by atoms with van der Waals surface area (Å²) >= 11 is 2.85. The van der Waals surface area contributed by atoms with Crippen LogP contribution in [0.1, 0.15) is 15.2 Å². The molecule has 1 amide bonds. The van der Waals surface area contributed by atoms with Gasteiger partial charge >= 0.3 is 5.97 Å². The molecule has 0 radical (unpaired) electrons. The van der Waals surface area contributed by atoms with Gasteiger partial charge in [0.15, 0.2) is 0 Å². The number of carbonyl (C=O) groups is 2. The highest BCUT2D eigenvalue weighted by atomic mass is 32.1. The summed E-state index contributed by atoms with van der Waals surface area (Å²) in [5.74, 6) is -0.766. The molecule has 4 nitrogen and oxygen atoms in total. The predicted octanol–water partition coefficient (Wildman–Crippen LogP) is 4.92. The van der Waals surface area contributed by atoms with Crippen LogP contribution < -0.4 is 5.32 Å². The molecule has 126 valence electrons. The second-order valence-corrected chi connectivity index (χ2v) is 6.91. The Morgan fingerprint density at radius 2 is 1.88 bits per heavy atom. The Bertz CT molecular complexity index is 896. The number of amides is 1. The molecule has 0 fully saturated rings. The minimum Gasteiger partial charge on any atom is -0.465 e. The number of rotatable bonds is 5. The van der Waals surface area contributed by atoms with Gasteiger partial charge in [-0.25, -0.2) is 4.79 Å². The van der Waals surface area contributed by atoms with Crippen LogP contribution >= 0.6 is 22.7 Å². The molecule has 6 heteroatoms. The van der Waals surface area contributed by atoms with Crippen LogP contribution in [-0.2, 0) is 9.53 Å². The first-order chi connectivity index (χ1) is 12.2. The van der Waals surface area contributed by atoms with Crippen molar-refractivity contribution in [1.29, 1.82) is 0 Å². The average Bonchev–Trinajstić information content (AvgIpc) is 3.30. The number of hydrogen-bond acceptors (Lipinski definition) is 5. The molecule has 0 spiro atoms. The lowest BCUT2D eigenvalue weighted by molar-refractivity contribution is -0.111. The zero-order valence-corrected chi connectivity index (χ0v) is 15.0. The molecule has 0 aliphatic heterocycles. The number of ether oxygens (including phenoxy) is 1. The van der Waals surface area contributed by atoms with E-state index < -0.39 is 5.97 Å². The third-order valence-corrected chi connectivity index (χ3v) is 5.18. The molecule has 3 rings (SSSR count). The Kier molecular flexibility index (Phi) is 5.42. The lowest BCUT2D eigenvalue weighted by Gasteiger charge is -2.06. The van der Waals surface area contributed by atoms with Crippen LogP contribution in [0.15, 0.2) is 59.3 Å². The van der Waals surface area contributed by atoms with Gasteiger partial charge in [0, 0.05) is 21.9 Å². The minimum absolute atomic E-state index is 0.292. The Morgan fingerprint density at radius 3 is 2.56 bits per heavy atom. The molecular formula is C19H15NO3S2. The van der Waals surface area contributed by atoms with Gasteiger partial charge in [0.05, 0.1) is 7.11 Å². The number of thiophene rings is 2. The molecule has 0 saturated carbocycles. The second-order valence-electron chi connectivity index (χ2n) is 5.05. The van der Waals surface area contributed by atoms with Gasteiger partial charge in [-0.1, -0.05) is 36.4 Å². The van der Waals surface area contributed by atoms with Crippen LogP contribution in [-0.4, -0.2) is 19.0 Å². The number of hydrogen-bond donors (Lipinski definition) is 1. The average molecular weight is 369 g/mol. The first-order valence-electron chi connectivity index (χ1n) is 7.47. The maximum atomic E-state index is 12.2. The number of nitrogens with one attached hydrogen (secondary N) is 1. The van der Waals surface area contributed by atoms with Crippen LogP contribution in [0.3, 0.4) is 0 Å². The Hall–Kier alpha value is -2.70. The highest BCUT2D eigenvalue weighted by Gasteiger charge is 2.21. The zero-order valence-electron chi connectivity index (χ0n) is 13.4. The number of benzene rings is 1. The quantitative estimate of drug-likeness (QED) is 0.513. The molecule has 0 aliphatic rings. The van der Waals surface area contributed by atoms with E-state index in [1.807, 2.05) is 53.2 Å². The predicted molar refractivity (Wildman–Crippen MR) is 103 cm³/mol. The number of anilines is 1. The van der Waals surface area contributed by atoms with Gasteiger partial charge in [0.25, 0.3) is 0 Å². The van der Waals surface area contributed by atoms with Crippen LogP contribution in [0.4, 0.5) is 5.00 Å². The lowest BCUT2D eigenvalue weighted by atomic mass is 10.0. The van der Waals surface area contributed by atoms with E-state index in [-0.39, 0.29) is 5.91 Å². The van der Waals surface area contributed by atoms with E-state index in [4.69, 9.17) is 4.74 Å². The third kappa shape index (κ3) is 4.04. The molecule has 1 aromatic carbocycles. The zero-order chi connectivity index (χ0) is 17.6. The molecule has 0 atom stereocenters. The van der Waals surface area contributed by atoms with Gasteiger partial charge in [0.2, 0.25) is 5.91 Å². The van der Waals surface area contributed by atoms with Crippen molar-refractivity contribution in [3.8, 4) is 11.1 Å². The van der Waals surface area contributed by atoms with E-state index in [9.17, 15) is 9.59 Å². The van der Waals surface area contributed by atoms with Gasteiger partial charge in [-0.3, -0.25) is 4.79 Å². The van der Waals surface area contributed by atoms with E-state index in [2.05, 4.69) is 5.32 Å². The van der Waals surface area contributed by atoms with E-state index in [1.54, 1.807) is 17.4 Å². The fraction of sp³-hybridized carbons (Fsp3) is 0.0526. The molecule has 0 aliphatic carbocycles. The first kappa shape index (κ1) is 17.1. The van der Waals surface area contributed by atoms with Crippen molar-refractivity contribution in [2.45, 2.75) is 0 Å². The van der Waals surface area contributed by atoms with Gasteiger partial charge in [-0.15, -0.1) is 22.7 Å². The van der Waals surface area contributed by atoms with Crippen LogP contribution in [0, 0.1) is 0 Å². The van der Waals surface area contributed by atoms with Crippen LogP contribution in [0.2, 0.25) is 0 Å². The summed E-state index contributed by atoms with van der Waals surface area (Å²) < 4.78 is 4.90. The summed E-state index contributed by atoms with van der Waals surface area (Å²) in [5.41, 5.74) is 2.01. The fourth-order valence-corrected chi connectivity index (χ4v) is 3.86. The summed E-state index contributed by atoms with van der Waals surface area (Å²) in [6.07, 6.45) is 3.19. The first-order valence-corrected chi connectivity index (χ1v) is 9.22. The van der Waals surface area contributed by atoms with Crippen molar-refractivity contribution in [1.82, 2.24) is 0 Å². The SMILES string of the molecule is COC(=O)c1c(-c2ccccc2)csc1NC(=O)/C=C/c1cccs1. The monoisotopic (exact) mass is 369 g/mol. The maximum Gasteiger partial charge on any atom is 0.341 e. The number of methoxy groups -OCH3 is 1. The number of esters is 1. The molecule has 0 bridgehead atoms. The summed E-state index contributed by atoms with van der Waals surface area (Å²) in [5, 5.41) is 7.04. The highest BCUT2D eigenvalue weighted by Crippen LogP contribution is 2.36. The van der Waals surface area contributed by atoms with Crippen molar-refractivity contribution >= 4 is 45.6 Å². The molecule has 0 saturated heterocycles. The van der Waals surface area contributed by atoms with E-state index in [0.29, 0.717) is 10.6 Å². The van der Waals surface area contributed by atoms with Crippen molar-refractivity contribution in [3.05, 3.63) is 69.7 Å². The van der Waals surface area contributed by atoms with E-state index >= 15 is 0 Å². The molecule has 25 heavy (non-hydrogen) atoms. The number of carbonyl (C=O) groups excluding carboxylic acids is 2. The minimum atomic E-state index is -0.474. The normalized spacial score (nSPS) is 10.8. The van der Waals surface area contributed by atoms with Gasteiger partial charge < -0.3 is 10.1 Å². The molecule has 1 N–H and O–H groups in total. The van der Waals surface area contributed by atoms with Gasteiger partial charge in [-0.05, 0) is 23.1 Å². The molecular weight excluding hydrogens is 354 g/mol. The lowest BCUT2D eigenvalue weighted by Crippen LogP contribution is -2.11. The smallest absolute Gasteiger partial charge is 0.341 e. The van der Waals surface area contributed by atoms with Crippen LogP contribution in [0.5, 0.6) is 0 Å². The van der Waals surface area contributed by atoms with Crippen molar-refractivity contribution < 1.29 is 14.3 Å². The van der Waals surface area contributed by atoms with Gasteiger partial charge in [-0.2, -0.15) is 0 Å². The Morgan fingerprint density at radius 1 is 1.08 bits per heavy atom. The Labute approximate surface area is 153 Å². The summed E-state index contributed by atoms with van der Waals surface area (Å²) in [6, 6.07) is 13.4. The van der Waals surface area contributed by atoms with E-state index in [0.717, 1.165) is 16.0 Å². The van der Waals surface area contributed by atoms with Crippen molar-refractivity contribution in [2.75, 3.05) is 12.4 Å². The van der Waals surface area contributed by atoms with Crippen molar-refractivity contribution in [2.24, 2.45) is 0 Å². The maximum absolute atomic E-state index is 12.2. The molecule has 2 heterocycles. The van der Waals surface area contributed by atoms with Gasteiger partial charge in [0.1, 0.15) is 10.6 Å². The fourth-order valence-electron chi connectivity index (χ4n) is 2.28. The standard InChI is InChI=1S/C19H15NO3S2/c1-23-19(22)17-15(13-6-3-2-4-7-13)12-25-18(17)20-16(21)10-9-14-8-5-11-24-14/h2-12H,1H3,(H,20,21)/b10-9+.